The summed E-state index contributed by atoms with van der Waals surface area (Å²) in [6.45, 7) is 1.11. The zero-order valence-corrected chi connectivity index (χ0v) is 11.4. The molecule has 108 valence electrons. The first-order valence-electron chi connectivity index (χ1n) is 6.42. The molecule has 0 spiro atoms. The van der Waals surface area contributed by atoms with Gasteiger partial charge in [-0.15, -0.1) is 0 Å². The minimum Gasteiger partial charge on any atom is -0.506 e. The van der Waals surface area contributed by atoms with Gasteiger partial charge in [-0.2, -0.15) is 5.10 Å². The summed E-state index contributed by atoms with van der Waals surface area (Å²) < 4.78 is 6.80. The largest absolute Gasteiger partial charge is 0.506 e. The lowest BCUT2D eigenvalue weighted by atomic mass is 10.1. The minimum absolute atomic E-state index is 0.0342. The van der Waals surface area contributed by atoms with E-state index in [-0.39, 0.29) is 16.8 Å². The quantitative estimate of drug-likeness (QED) is 0.750. The van der Waals surface area contributed by atoms with Crippen LogP contribution in [0.5, 0.6) is 5.75 Å². The summed E-state index contributed by atoms with van der Waals surface area (Å²) in [6, 6.07) is 5.09. The highest BCUT2D eigenvalue weighted by molar-refractivity contribution is 5.88. The third-order valence-electron chi connectivity index (χ3n) is 3.24. The lowest BCUT2D eigenvalue weighted by Crippen LogP contribution is -2.08. The van der Waals surface area contributed by atoms with Crippen molar-refractivity contribution in [2.24, 2.45) is 0 Å². The zero-order valence-electron chi connectivity index (χ0n) is 11.4. The number of phenolic OH excluding ortho intramolecular Hbond substituents is 1. The number of phenols is 1. The van der Waals surface area contributed by atoms with Gasteiger partial charge in [-0.25, -0.2) is 4.98 Å². The second kappa shape index (κ2) is 5.37. The number of H-pyrrole nitrogens is 1. The van der Waals surface area contributed by atoms with Crippen LogP contribution >= 0.6 is 0 Å². The van der Waals surface area contributed by atoms with Gasteiger partial charge in [0.15, 0.2) is 0 Å². The second-order valence-corrected chi connectivity index (χ2v) is 4.56. The highest BCUT2D eigenvalue weighted by atomic mass is 16.5. The Morgan fingerprint density at radius 3 is 3.10 bits per heavy atom. The van der Waals surface area contributed by atoms with E-state index in [0.29, 0.717) is 24.1 Å². The monoisotopic (exact) mass is 286 g/mol. The summed E-state index contributed by atoms with van der Waals surface area (Å²) in [6.07, 6.45) is 2.94. The minimum atomic E-state index is -0.292. The van der Waals surface area contributed by atoms with Crippen LogP contribution < -0.4 is 5.56 Å². The number of aromatic nitrogens is 4. The number of aromatic amines is 1. The third kappa shape index (κ3) is 2.38. The number of ether oxygens (including phenoxy) is 1. The Morgan fingerprint density at radius 2 is 2.29 bits per heavy atom. The summed E-state index contributed by atoms with van der Waals surface area (Å²) in [5.74, 6) is -0.0342. The molecule has 0 unspecified atom stereocenters. The Kier molecular flexibility index (Phi) is 3.41. The fourth-order valence-electron chi connectivity index (χ4n) is 2.24. The molecule has 0 atom stereocenters. The summed E-state index contributed by atoms with van der Waals surface area (Å²) in [5, 5.41) is 14.6. The lowest BCUT2D eigenvalue weighted by Gasteiger charge is -2.08. The molecule has 0 fully saturated rings. The standard InChI is InChI=1S/C14H14N4O3/c1-21-5-4-18-11(2-3-17-18)9-6-10-13(12(19)7-9)15-8-16-14(10)20/h2-3,6-8,19H,4-5H2,1H3,(H,15,16,20). The Labute approximate surface area is 119 Å². The average Bonchev–Trinajstić information content (AvgIpc) is 2.94. The van der Waals surface area contributed by atoms with Gasteiger partial charge in [0.25, 0.3) is 5.56 Å². The van der Waals surface area contributed by atoms with Gasteiger partial charge in [0.05, 0.1) is 30.6 Å². The third-order valence-corrected chi connectivity index (χ3v) is 3.24. The molecule has 21 heavy (non-hydrogen) atoms. The Bertz CT molecular complexity index is 838. The molecule has 2 heterocycles. The molecule has 2 N–H and O–H groups in total. The van der Waals surface area contributed by atoms with Crippen LogP contribution in [0.3, 0.4) is 0 Å². The van der Waals surface area contributed by atoms with Gasteiger partial charge in [0.1, 0.15) is 11.3 Å². The van der Waals surface area contributed by atoms with Crippen molar-refractivity contribution in [1.29, 1.82) is 0 Å². The molecule has 0 saturated carbocycles. The maximum absolute atomic E-state index is 11.9. The van der Waals surface area contributed by atoms with E-state index < -0.39 is 0 Å². The van der Waals surface area contributed by atoms with E-state index in [9.17, 15) is 9.90 Å². The molecule has 0 amide bonds. The molecule has 0 saturated heterocycles. The lowest BCUT2D eigenvalue weighted by molar-refractivity contribution is 0.184. The second-order valence-electron chi connectivity index (χ2n) is 4.56. The SMILES string of the molecule is COCCn1nccc1-c1cc(O)c2nc[nH]c(=O)c2c1. The van der Waals surface area contributed by atoms with Crippen molar-refractivity contribution in [3.05, 3.63) is 41.1 Å². The predicted molar refractivity (Wildman–Crippen MR) is 77.1 cm³/mol. The van der Waals surface area contributed by atoms with Crippen molar-refractivity contribution in [1.82, 2.24) is 19.7 Å². The molecule has 2 aromatic heterocycles. The van der Waals surface area contributed by atoms with E-state index in [0.717, 1.165) is 5.69 Å². The van der Waals surface area contributed by atoms with Crippen molar-refractivity contribution in [2.75, 3.05) is 13.7 Å². The zero-order chi connectivity index (χ0) is 14.8. The van der Waals surface area contributed by atoms with Gasteiger partial charge in [-0.3, -0.25) is 9.48 Å². The number of fused-ring (bicyclic) bond motifs is 1. The summed E-state index contributed by atoms with van der Waals surface area (Å²) >= 11 is 0. The van der Waals surface area contributed by atoms with Crippen LogP contribution in [-0.4, -0.2) is 38.6 Å². The molecule has 7 heteroatoms. The summed E-state index contributed by atoms with van der Waals surface area (Å²) in [7, 11) is 1.62. The first-order valence-corrected chi connectivity index (χ1v) is 6.42. The van der Waals surface area contributed by atoms with Gasteiger partial charge in [-0.1, -0.05) is 0 Å². The van der Waals surface area contributed by atoms with Crippen molar-refractivity contribution >= 4 is 10.9 Å². The van der Waals surface area contributed by atoms with E-state index in [2.05, 4.69) is 15.1 Å². The number of hydrogen-bond donors (Lipinski definition) is 2. The smallest absolute Gasteiger partial charge is 0.258 e. The predicted octanol–water partition coefficient (Wildman–Crippen LogP) is 1.14. The first kappa shape index (κ1) is 13.3. The van der Waals surface area contributed by atoms with E-state index in [4.69, 9.17) is 4.74 Å². The highest BCUT2D eigenvalue weighted by Crippen LogP contribution is 2.28. The number of hydrogen-bond acceptors (Lipinski definition) is 5. The van der Waals surface area contributed by atoms with Crippen LogP contribution in [0.1, 0.15) is 0 Å². The highest BCUT2D eigenvalue weighted by Gasteiger charge is 2.11. The average molecular weight is 286 g/mol. The number of methoxy groups -OCH3 is 1. The Balaban J connectivity index is 2.15. The molecule has 7 nitrogen and oxygen atoms in total. The maximum Gasteiger partial charge on any atom is 0.258 e. The molecule has 0 bridgehead atoms. The van der Waals surface area contributed by atoms with Crippen molar-refractivity contribution in [3.8, 4) is 17.0 Å². The van der Waals surface area contributed by atoms with E-state index in [1.807, 2.05) is 6.07 Å². The number of aromatic hydroxyl groups is 1. The molecule has 0 aliphatic rings. The molecule has 3 aromatic rings. The van der Waals surface area contributed by atoms with E-state index in [1.54, 1.807) is 30.1 Å². The van der Waals surface area contributed by atoms with Gasteiger partial charge >= 0.3 is 0 Å². The fraction of sp³-hybridized carbons (Fsp3) is 0.214. The molecule has 1 aromatic carbocycles. The van der Waals surface area contributed by atoms with Crippen molar-refractivity contribution in [3.63, 3.8) is 0 Å². The van der Waals surface area contributed by atoms with Gasteiger partial charge in [0, 0.05) is 18.9 Å². The number of rotatable bonds is 4. The van der Waals surface area contributed by atoms with Crippen LogP contribution in [0, 0.1) is 0 Å². The normalized spacial score (nSPS) is 11.1. The van der Waals surface area contributed by atoms with Crippen LogP contribution in [0.2, 0.25) is 0 Å². The van der Waals surface area contributed by atoms with Crippen molar-refractivity contribution < 1.29 is 9.84 Å². The molecular weight excluding hydrogens is 272 g/mol. The molecular formula is C14H14N4O3. The topological polar surface area (TPSA) is 93.0 Å². The van der Waals surface area contributed by atoms with Crippen LogP contribution in [-0.2, 0) is 11.3 Å². The number of nitrogens with one attached hydrogen (secondary N) is 1. The number of nitrogens with zero attached hydrogens (tertiary/aromatic N) is 3. The molecule has 3 rings (SSSR count). The van der Waals surface area contributed by atoms with Gasteiger partial charge in [-0.05, 0) is 18.2 Å². The molecule has 0 aliphatic heterocycles. The van der Waals surface area contributed by atoms with Crippen molar-refractivity contribution in [2.45, 2.75) is 6.54 Å². The van der Waals surface area contributed by atoms with Gasteiger partial charge < -0.3 is 14.8 Å². The van der Waals surface area contributed by atoms with Gasteiger partial charge in [0.2, 0.25) is 0 Å². The Hall–Kier alpha value is -2.67. The van der Waals surface area contributed by atoms with Crippen LogP contribution in [0.25, 0.3) is 22.2 Å². The van der Waals surface area contributed by atoms with Crippen LogP contribution in [0.4, 0.5) is 0 Å². The first-order chi connectivity index (χ1) is 10.2. The number of benzene rings is 1. The van der Waals surface area contributed by atoms with Crippen LogP contribution in [0.15, 0.2) is 35.5 Å². The Morgan fingerprint density at radius 1 is 1.43 bits per heavy atom. The maximum atomic E-state index is 11.9. The van der Waals surface area contributed by atoms with E-state index in [1.165, 1.54) is 6.33 Å². The summed E-state index contributed by atoms with van der Waals surface area (Å²) in [5.41, 5.74) is 1.49. The molecule has 0 aliphatic carbocycles. The molecule has 0 radical (unpaired) electrons. The fourth-order valence-corrected chi connectivity index (χ4v) is 2.24. The summed E-state index contributed by atoms with van der Waals surface area (Å²) in [4.78, 5) is 18.4. The van der Waals surface area contributed by atoms with E-state index >= 15 is 0 Å².